The van der Waals surface area contributed by atoms with Gasteiger partial charge in [-0.1, -0.05) is 26.0 Å². The molecule has 3 N–H and O–H groups in total. The van der Waals surface area contributed by atoms with Crippen LogP contribution in [0.5, 0.6) is 0 Å². The molecule has 1 aromatic rings. The zero-order valence-corrected chi connectivity index (χ0v) is 11.1. The lowest BCUT2D eigenvalue weighted by molar-refractivity contribution is -0.122. The van der Waals surface area contributed by atoms with Gasteiger partial charge in [-0.2, -0.15) is 0 Å². The Morgan fingerprint density at radius 3 is 2.33 bits per heavy atom. The summed E-state index contributed by atoms with van der Waals surface area (Å²) in [4.78, 5) is 11.7. The number of carbonyl (C=O) groups is 1. The molecule has 1 aromatic carbocycles. The minimum atomic E-state index is -0.279. The fraction of sp³-hybridized carbons (Fsp3) is 0.500. The molecule has 0 saturated heterocycles. The molecule has 0 saturated carbocycles. The second kappa shape index (κ2) is 6.50. The summed E-state index contributed by atoms with van der Waals surface area (Å²) >= 11 is 0. The molecule has 1 amide bonds. The van der Waals surface area contributed by atoms with Crippen LogP contribution in [0.15, 0.2) is 24.3 Å². The van der Waals surface area contributed by atoms with E-state index in [0.29, 0.717) is 6.42 Å². The monoisotopic (exact) mass is 252 g/mol. The van der Waals surface area contributed by atoms with Gasteiger partial charge in [0.2, 0.25) is 5.91 Å². The van der Waals surface area contributed by atoms with Gasteiger partial charge in [0.15, 0.2) is 0 Å². The minimum absolute atomic E-state index is 0.0759. The van der Waals surface area contributed by atoms with Crippen molar-refractivity contribution in [2.24, 2.45) is 11.7 Å². The zero-order chi connectivity index (χ0) is 13.7. The Morgan fingerprint density at radius 2 is 1.83 bits per heavy atom. The first-order valence-corrected chi connectivity index (χ1v) is 6.20. The third-order valence-corrected chi connectivity index (χ3v) is 3.02. The first-order valence-electron chi connectivity index (χ1n) is 6.20. The first-order chi connectivity index (χ1) is 8.40. The number of halogens is 1. The van der Waals surface area contributed by atoms with Crippen LogP contribution < -0.4 is 11.1 Å². The highest BCUT2D eigenvalue weighted by atomic mass is 19.1. The summed E-state index contributed by atoms with van der Waals surface area (Å²) in [6.07, 6.45) is 0.309. The molecule has 3 nitrogen and oxygen atoms in total. The third kappa shape index (κ3) is 4.45. The molecule has 0 radical (unpaired) electrons. The van der Waals surface area contributed by atoms with Crippen molar-refractivity contribution in [3.63, 3.8) is 0 Å². The van der Waals surface area contributed by atoms with Crippen molar-refractivity contribution >= 4 is 5.91 Å². The maximum absolute atomic E-state index is 12.8. The van der Waals surface area contributed by atoms with Crippen molar-refractivity contribution in [3.05, 3.63) is 35.6 Å². The Kier molecular flexibility index (Phi) is 5.28. The van der Waals surface area contributed by atoms with Crippen LogP contribution >= 0.6 is 0 Å². The first kappa shape index (κ1) is 14.6. The van der Waals surface area contributed by atoms with Gasteiger partial charge >= 0.3 is 0 Å². The van der Waals surface area contributed by atoms with Crippen molar-refractivity contribution in [1.82, 2.24) is 5.32 Å². The molecule has 2 unspecified atom stereocenters. The third-order valence-electron chi connectivity index (χ3n) is 3.02. The van der Waals surface area contributed by atoms with Crippen molar-refractivity contribution in [2.45, 2.75) is 39.3 Å². The van der Waals surface area contributed by atoms with E-state index in [9.17, 15) is 9.18 Å². The maximum Gasteiger partial charge on any atom is 0.222 e. The Bertz CT molecular complexity index is 389. The summed E-state index contributed by atoms with van der Waals surface area (Å²) in [5.41, 5.74) is 6.72. The normalized spacial score (nSPS) is 14.3. The molecule has 18 heavy (non-hydrogen) atoms. The number of carbonyl (C=O) groups excluding carboxylic acids is 1. The Balaban J connectivity index is 2.51. The van der Waals surface area contributed by atoms with Gasteiger partial charge in [0.1, 0.15) is 5.82 Å². The predicted octanol–water partition coefficient (Wildman–Crippen LogP) is 2.38. The van der Waals surface area contributed by atoms with Crippen LogP contribution in [0.2, 0.25) is 0 Å². The summed E-state index contributed by atoms with van der Waals surface area (Å²) in [5, 5.41) is 2.86. The van der Waals surface area contributed by atoms with Crippen molar-refractivity contribution in [3.8, 4) is 0 Å². The van der Waals surface area contributed by atoms with Crippen molar-refractivity contribution in [2.75, 3.05) is 0 Å². The molecule has 0 fully saturated rings. The number of amides is 1. The molecule has 0 aliphatic rings. The highest BCUT2D eigenvalue weighted by Crippen LogP contribution is 2.13. The summed E-state index contributed by atoms with van der Waals surface area (Å²) < 4.78 is 12.8. The Labute approximate surface area is 108 Å². The van der Waals surface area contributed by atoms with E-state index in [2.05, 4.69) is 5.32 Å². The van der Waals surface area contributed by atoms with Crippen molar-refractivity contribution in [1.29, 1.82) is 0 Å². The molecule has 0 aromatic heterocycles. The van der Waals surface area contributed by atoms with Gasteiger partial charge in [0.25, 0.3) is 0 Å². The zero-order valence-electron chi connectivity index (χ0n) is 11.1. The van der Waals surface area contributed by atoms with E-state index in [4.69, 9.17) is 5.73 Å². The Morgan fingerprint density at radius 1 is 1.28 bits per heavy atom. The number of nitrogens with one attached hydrogen (secondary N) is 1. The van der Waals surface area contributed by atoms with Gasteiger partial charge in [-0.25, -0.2) is 4.39 Å². The van der Waals surface area contributed by atoms with Gasteiger partial charge in [-0.3, -0.25) is 4.79 Å². The molecule has 0 aliphatic carbocycles. The van der Waals surface area contributed by atoms with Crippen LogP contribution in [0, 0.1) is 11.7 Å². The number of hydrogen-bond acceptors (Lipinski definition) is 2. The molecule has 2 atom stereocenters. The predicted molar refractivity (Wildman–Crippen MR) is 70.4 cm³/mol. The minimum Gasteiger partial charge on any atom is -0.350 e. The van der Waals surface area contributed by atoms with E-state index in [1.54, 1.807) is 12.1 Å². The second-order valence-electron chi connectivity index (χ2n) is 4.95. The van der Waals surface area contributed by atoms with E-state index in [-0.39, 0.29) is 29.7 Å². The van der Waals surface area contributed by atoms with Crippen LogP contribution in [0.3, 0.4) is 0 Å². The number of rotatable bonds is 5. The summed E-state index contributed by atoms with van der Waals surface area (Å²) in [6, 6.07) is 5.84. The second-order valence-corrected chi connectivity index (χ2v) is 4.95. The van der Waals surface area contributed by atoms with Gasteiger partial charge in [-0.05, 0) is 30.5 Å². The molecule has 0 spiro atoms. The number of nitrogens with two attached hydrogens (primary N) is 1. The van der Waals surface area contributed by atoms with Crippen LogP contribution in [0.25, 0.3) is 0 Å². The number of hydrogen-bond donors (Lipinski definition) is 2. The maximum atomic E-state index is 12.8. The molecule has 0 heterocycles. The van der Waals surface area contributed by atoms with Crippen LogP contribution in [-0.4, -0.2) is 11.9 Å². The SMILES string of the molecule is CC(NC(=O)CC(N)C(C)C)c1ccc(F)cc1. The topological polar surface area (TPSA) is 55.1 Å². The number of benzene rings is 1. The highest BCUT2D eigenvalue weighted by Gasteiger charge is 2.15. The Hall–Kier alpha value is -1.42. The van der Waals surface area contributed by atoms with Crippen LogP contribution in [0.4, 0.5) is 4.39 Å². The smallest absolute Gasteiger partial charge is 0.222 e. The highest BCUT2D eigenvalue weighted by molar-refractivity contribution is 5.77. The molecule has 0 aliphatic heterocycles. The molecule has 100 valence electrons. The lowest BCUT2D eigenvalue weighted by Gasteiger charge is -2.18. The lowest BCUT2D eigenvalue weighted by atomic mass is 10.0. The standard InChI is InChI=1S/C14H21FN2O/c1-9(2)13(16)8-14(18)17-10(3)11-4-6-12(15)7-5-11/h4-7,9-10,13H,8,16H2,1-3H3,(H,17,18). The molecular weight excluding hydrogens is 231 g/mol. The lowest BCUT2D eigenvalue weighted by Crippen LogP contribution is -2.35. The van der Waals surface area contributed by atoms with Gasteiger partial charge in [0.05, 0.1) is 6.04 Å². The average molecular weight is 252 g/mol. The van der Waals surface area contributed by atoms with E-state index < -0.39 is 0 Å². The largest absolute Gasteiger partial charge is 0.350 e. The van der Waals surface area contributed by atoms with Gasteiger partial charge in [0, 0.05) is 12.5 Å². The molecule has 0 bridgehead atoms. The van der Waals surface area contributed by atoms with Crippen LogP contribution in [-0.2, 0) is 4.79 Å². The molecular formula is C14H21FN2O. The van der Waals surface area contributed by atoms with Crippen molar-refractivity contribution < 1.29 is 9.18 Å². The van der Waals surface area contributed by atoms with Crippen LogP contribution in [0.1, 0.15) is 38.8 Å². The van der Waals surface area contributed by atoms with E-state index in [1.807, 2.05) is 20.8 Å². The van der Waals surface area contributed by atoms with Gasteiger partial charge < -0.3 is 11.1 Å². The molecule has 4 heteroatoms. The van der Waals surface area contributed by atoms with E-state index >= 15 is 0 Å². The summed E-state index contributed by atoms with van der Waals surface area (Å²) in [6.45, 7) is 5.84. The van der Waals surface area contributed by atoms with Gasteiger partial charge in [-0.15, -0.1) is 0 Å². The average Bonchev–Trinajstić information content (AvgIpc) is 2.29. The van der Waals surface area contributed by atoms with E-state index in [0.717, 1.165) is 5.56 Å². The summed E-state index contributed by atoms with van der Waals surface area (Å²) in [5.74, 6) is -0.0796. The fourth-order valence-electron chi connectivity index (χ4n) is 1.58. The fourth-order valence-corrected chi connectivity index (χ4v) is 1.58. The quantitative estimate of drug-likeness (QED) is 0.845. The summed E-state index contributed by atoms with van der Waals surface area (Å²) in [7, 11) is 0. The van der Waals surface area contributed by atoms with E-state index in [1.165, 1.54) is 12.1 Å². The molecule has 1 rings (SSSR count).